The Hall–Kier alpha value is -1.36. The van der Waals surface area contributed by atoms with Gasteiger partial charge in [-0.1, -0.05) is 26.8 Å². The smallest absolute Gasteiger partial charge is 0.346 e. The molecule has 0 N–H and O–H groups in total. The summed E-state index contributed by atoms with van der Waals surface area (Å²) in [6, 6.07) is 7.54. The molecule has 0 aliphatic rings. The average molecular weight is 352 g/mol. The third-order valence-corrected chi connectivity index (χ3v) is 4.62. The van der Waals surface area contributed by atoms with Crippen molar-refractivity contribution in [3.63, 3.8) is 0 Å². The van der Waals surface area contributed by atoms with Crippen LogP contribution in [0.2, 0.25) is 13.1 Å². The number of rotatable bonds is 7. The number of nitriles is 1. The first kappa shape index (κ1) is 19.7. The molecule has 0 aliphatic heterocycles. The summed E-state index contributed by atoms with van der Waals surface area (Å²) in [5, 5.41) is 9.71. The van der Waals surface area contributed by atoms with Crippen molar-refractivity contribution in [3.8, 4) is 6.07 Å². The van der Waals surface area contributed by atoms with Crippen LogP contribution in [0, 0.1) is 22.7 Å². The molecule has 7 heteroatoms. The van der Waals surface area contributed by atoms with Gasteiger partial charge in [-0.05, 0) is 30.6 Å². The normalized spacial score (nSPS) is 14.1. The minimum absolute atomic E-state index is 0.232. The van der Waals surface area contributed by atoms with Crippen molar-refractivity contribution in [2.75, 3.05) is 0 Å². The summed E-state index contributed by atoms with van der Waals surface area (Å²) in [7, 11) is -1.12. The van der Waals surface area contributed by atoms with Gasteiger partial charge >= 0.3 is 5.97 Å². The van der Waals surface area contributed by atoms with Gasteiger partial charge in [0.1, 0.15) is 23.2 Å². The van der Waals surface area contributed by atoms with E-state index in [0.29, 0.717) is 5.03 Å². The summed E-state index contributed by atoms with van der Waals surface area (Å²) in [4.78, 5) is 16.6. The quantitative estimate of drug-likeness (QED) is 0.549. The van der Waals surface area contributed by atoms with Gasteiger partial charge in [0.05, 0.1) is 6.07 Å². The lowest BCUT2D eigenvalue weighted by Crippen LogP contribution is -2.42. The zero-order valence-corrected chi connectivity index (χ0v) is 16.0. The summed E-state index contributed by atoms with van der Waals surface area (Å²) in [6.07, 6.45) is 1.14. The first-order chi connectivity index (χ1) is 10.8. The monoisotopic (exact) mass is 351 g/mol. The number of aromatic nitrogens is 1. The van der Waals surface area contributed by atoms with Gasteiger partial charge in [0.2, 0.25) is 9.04 Å². The van der Waals surface area contributed by atoms with Crippen LogP contribution in [0.3, 0.4) is 0 Å². The van der Waals surface area contributed by atoms with E-state index in [1.165, 1.54) is 0 Å². The predicted molar refractivity (Wildman–Crippen MR) is 91.7 cm³/mol. The molecule has 0 spiro atoms. The molecule has 1 heterocycles. The second kappa shape index (κ2) is 9.06. The van der Waals surface area contributed by atoms with Crippen molar-refractivity contribution in [1.29, 1.82) is 5.26 Å². The first-order valence-electron chi connectivity index (χ1n) is 7.39. The van der Waals surface area contributed by atoms with E-state index >= 15 is 0 Å². The summed E-state index contributed by atoms with van der Waals surface area (Å²) < 4.78 is 11.2. The molecular formula is C16H23N2O3SSi. The fourth-order valence-electron chi connectivity index (χ4n) is 2.04. The van der Waals surface area contributed by atoms with Crippen molar-refractivity contribution in [2.24, 2.45) is 11.3 Å². The zero-order chi connectivity index (χ0) is 17.5. The number of hydrogen-bond donors (Lipinski definition) is 0. The number of carbonyl (C=O) groups is 1. The summed E-state index contributed by atoms with van der Waals surface area (Å²) in [5.74, 6) is -0.689. The number of nitrogens with zero attached hydrogens (tertiary/aromatic N) is 2. The highest BCUT2D eigenvalue weighted by Crippen LogP contribution is 2.34. The highest BCUT2D eigenvalue weighted by atomic mass is 32.2. The predicted octanol–water partition coefficient (Wildman–Crippen LogP) is 3.84. The molecule has 5 nitrogen and oxygen atoms in total. The molecule has 0 amide bonds. The molecule has 0 aliphatic carbocycles. The second-order valence-electron chi connectivity index (χ2n) is 6.44. The molecular weight excluding hydrogens is 328 g/mol. The van der Waals surface area contributed by atoms with Crippen LogP contribution >= 0.6 is 12.0 Å². The van der Waals surface area contributed by atoms with Crippen LogP contribution in [-0.2, 0) is 13.4 Å². The Morgan fingerprint density at radius 2 is 2.13 bits per heavy atom. The Bertz CT molecular complexity index is 540. The minimum atomic E-state index is -1.12. The lowest BCUT2D eigenvalue weighted by atomic mass is 9.75. The highest BCUT2D eigenvalue weighted by Gasteiger charge is 2.39. The van der Waals surface area contributed by atoms with E-state index in [4.69, 9.17) is 13.9 Å². The zero-order valence-electron chi connectivity index (χ0n) is 14.2. The molecule has 0 saturated heterocycles. The molecule has 1 aromatic rings. The van der Waals surface area contributed by atoms with Crippen LogP contribution in [0.4, 0.5) is 0 Å². The van der Waals surface area contributed by atoms with Gasteiger partial charge in [0.15, 0.2) is 0 Å². The third kappa shape index (κ3) is 6.73. The maximum Gasteiger partial charge on any atom is 0.346 e. The molecule has 1 rings (SSSR count). The van der Waals surface area contributed by atoms with E-state index in [2.05, 4.69) is 11.1 Å². The molecule has 0 saturated carbocycles. The fourth-order valence-corrected chi connectivity index (χ4v) is 3.31. The van der Waals surface area contributed by atoms with Gasteiger partial charge in [-0.15, -0.1) is 0 Å². The van der Waals surface area contributed by atoms with Crippen molar-refractivity contribution in [3.05, 3.63) is 24.4 Å². The molecule has 0 aromatic carbocycles. The van der Waals surface area contributed by atoms with Crippen molar-refractivity contribution >= 4 is 27.1 Å². The van der Waals surface area contributed by atoms with Gasteiger partial charge in [-0.2, -0.15) is 5.26 Å². The van der Waals surface area contributed by atoms with Crippen LogP contribution < -0.4 is 0 Å². The van der Waals surface area contributed by atoms with E-state index in [1.54, 1.807) is 18.3 Å². The molecule has 2 atom stereocenters. The lowest BCUT2D eigenvalue weighted by molar-refractivity contribution is -0.146. The summed E-state index contributed by atoms with van der Waals surface area (Å²) >= 11 is 0.918. The maximum atomic E-state index is 12.5. The first-order valence-corrected chi connectivity index (χ1v) is 10.5. The molecule has 23 heavy (non-hydrogen) atoms. The van der Waals surface area contributed by atoms with E-state index in [1.807, 2.05) is 39.9 Å². The second-order valence-corrected chi connectivity index (χ2v) is 9.24. The SMILES string of the molecule is C[Si](C)OC(C(=O)OSc1ccccn1)[C@H](CC#N)C(C)(C)C. The Morgan fingerprint density at radius 1 is 1.43 bits per heavy atom. The topological polar surface area (TPSA) is 72.2 Å². The van der Waals surface area contributed by atoms with Gasteiger partial charge < -0.3 is 8.61 Å². The van der Waals surface area contributed by atoms with Gasteiger partial charge in [-0.25, -0.2) is 9.78 Å². The third-order valence-electron chi connectivity index (χ3n) is 3.23. The molecule has 1 radical (unpaired) electrons. The van der Waals surface area contributed by atoms with E-state index < -0.39 is 21.1 Å². The molecule has 0 fully saturated rings. The van der Waals surface area contributed by atoms with Crippen LogP contribution in [-0.4, -0.2) is 26.1 Å². The van der Waals surface area contributed by atoms with Crippen LogP contribution in [0.5, 0.6) is 0 Å². The highest BCUT2D eigenvalue weighted by molar-refractivity contribution is 7.95. The Morgan fingerprint density at radius 3 is 2.61 bits per heavy atom. The van der Waals surface area contributed by atoms with E-state index in [9.17, 15) is 4.79 Å². The van der Waals surface area contributed by atoms with E-state index in [0.717, 1.165) is 12.0 Å². The molecule has 0 bridgehead atoms. The van der Waals surface area contributed by atoms with Crippen LogP contribution in [0.1, 0.15) is 27.2 Å². The van der Waals surface area contributed by atoms with Gasteiger partial charge in [0.25, 0.3) is 0 Å². The summed E-state index contributed by atoms with van der Waals surface area (Å²) in [6.45, 7) is 9.93. The average Bonchev–Trinajstić information content (AvgIpc) is 2.48. The number of pyridine rings is 1. The molecule has 1 aromatic heterocycles. The minimum Gasteiger partial charge on any atom is -0.404 e. The maximum absolute atomic E-state index is 12.5. The van der Waals surface area contributed by atoms with Gasteiger partial charge in [0, 0.05) is 18.5 Å². The van der Waals surface area contributed by atoms with Gasteiger partial charge in [-0.3, -0.25) is 0 Å². The van der Waals surface area contributed by atoms with Crippen LogP contribution in [0.25, 0.3) is 0 Å². The Balaban J connectivity index is 2.86. The van der Waals surface area contributed by atoms with Crippen molar-refractivity contribution in [2.45, 2.75) is 51.4 Å². The molecule has 125 valence electrons. The Labute approximate surface area is 144 Å². The molecule has 1 unspecified atom stereocenters. The summed E-state index contributed by atoms with van der Waals surface area (Å²) in [5.41, 5.74) is -0.244. The standard InChI is InChI=1S/C16H23N2O3SSi/c1-16(2,3)12(9-10-17)14(21-23(4)5)15(19)20-22-13-8-6-7-11-18-13/h6-8,11-12,14H,9H2,1-5H3/t12-,14?/m0/s1. The fraction of sp³-hybridized carbons (Fsp3) is 0.562. The lowest BCUT2D eigenvalue weighted by Gasteiger charge is -2.34. The van der Waals surface area contributed by atoms with Crippen LogP contribution in [0.15, 0.2) is 29.4 Å². The number of carbonyl (C=O) groups excluding carboxylic acids is 1. The largest absolute Gasteiger partial charge is 0.404 e. The van der Waals surface area contributed by atoms with Crippen molar-refractivity contribution < 1.29 is 13.4 Å². The van der Waals surface area contributed by atoms with Crippen molar-refractivity contribution in [1.82, 2.24) is 4.98 Å². The van der Waals surface area contributed by atoms with E-state index in [-0.39, 0.29) is 17.8 Å². The number of hydrogen-bond acceptors (Lipinski definition) is 6. The Kier molecular flexibility index (Phi) is 7.75.